The standard InChI is InChI=1S/C15H20N2O2/c1-11(2)19-15-7-13(16)6-14(8-15)17(3)9-12-4-5-18-10-12/h4-8,10-11H,9,16H2,1-3H3. The Labute approximate surface area is 113 Å². The van der Waals surface area contributed by atoms with Crippen LogP contribution < -0.4 is 15.4 Å². The zero-order valence-corrected chi connectivity index (χ0v) is 11.6. The lowest BCUT2D eigenvalue weighted by Gasteiger charge is -2.20. The second kappa shape index (κ2) is 5.69. The highest BCUT2D eigenvalue weighted by Gasteiger charge is 2.07. The first-order valence-corrected chi connectivity index (χ1v) is 6.34. The molecular formula is C15H20N2O2. The fourth-order valence-corrected chi connectivity index (χ4v) is 1.91. The minimum atomic E-state index is 0.133. The van der Waals surface area contributed by atoms with Crippen LogP contribution in [0.4, 0.5) is 11.4 Å². The Hall–Kier alpha value is -2.10. The lowest BCUT2D eigenvalue weighted by molar-refractivity contribution is 0.242. The third-order valence-corrected chi connectivity index (χ3v) is 2.73. The van der Waals surface area contributed by atoms with Gasteiger partial charge >= 0.3 is 0 Å². The molecule has 1 heterocycles. The Bertz CT molecular complexity index is 521. The number of hydrogen-bond acceptors (Lipinski definition) is 4. The van der Waals surface area contributed by atoms with Gasteiger partial charge in [0.15, 0.2) is 0 Å². The van der Waals surface area contributed by atoms with E-state index in [2.05, 4.69) is 4.90 Å². The summed E-state index contributed by atoms with van der Waals surface area (Å²) in [5.41, 5.74) is 8.77. The molecule has 0 amide bonds. The summed E-state index contributed by atoms with van der Waals surface area (Å²) < 4.78 is 10.8. The van der Waals surface area contributed by atoms with Gasteiger partial charge in [-0.1, -0.05) is 0 Å². The van der Waals surface area contributed by atoms with Gasteiger partial charge in [0.25, 0.3) is 0 Å². The van der Waals surface area contributed by atoms with Crippen molar-refractivity contribution in [2.24, 2.45) is 0 Å². The van der Waals surface area contributed by atoms with Crippen LogP contribution in [0.1, 0.15) is 19.4 Å². The zero-order valence-electron chi connectivity index (χ0n) is 11.6. The van der Waals surface area contributed by atoms with Crippen molar-refractivity contribution in [1.82, 2.24) is 0 Å². The van der Waals surface area contributed by atoms with Crippen molar-refractivity contribution in [3.8, 4) is 5.75 Å². The predicted molar refractivity (Wildman–Crippen MR) is 77.4 cm³/mol. The minimum absolute atomic E-state index is 0.133. The van der Waals surface area contributed by atoms with E-state index in [-0.39, 0.29) is 6.10 Å². The third-order valence-electron chi connectivity index (χ3n) is 2.73. The molecule has 0 saturated heterocycles. The maximum atomic E-state index is 5.92. The van der Waals surface area contributed by atoms with Crippen LogP contribution in [0.5, 0.6) is 5.75 Å². The van der Waals surface area contributed by atoms with E-state index in [1.54, 1.807) is 12.5 Å². The minimum Gasteiger partial charge on any atom is -0.491 e. The first kappa shape index (κ1) is 13.3. The van der Waals surface area contributed by atoms with Crippen molar-refractivity contribution in [2.45, 2.75) is 26.5 Å². The van der Waals surface area contributed by atoms with E-state index in [1.165, 1.54) is 0 Å². The monoisotopic (exact) mass is 260 g/mol. The number of nitrogens with two attached hydrogens (primary N) is 1. The van der Waals surface area contributed by atoms with Gasteiger partial charge in [0.05, 0.1) is 18.6 Å². The van der Waals surface area contributed by atoms with Gasteiger partial charge in [-0.15, -0.1) is 0 Å². The van der Waals surface area contributed by atoms with Gasteiger partial charge in [0, 0.05) is 42.7 Å². The summed E-state index contributed by atoms with van der Waals surface area (Å²) in [6.07, 6.45) is 3.55. The van der Waals surface area contributed by atoms with Crippen LogP contribution in [0.15, 0.2) is 41.2 Å². The maximum Gasteiger partial charge on any atom is 0.123 e. The van der Waals surface area contributed by atoms with E-state index in [0.717, 1.165) is 23.5 Å². The SMILES string of the molecule is CC(C)Oc1cc(N)cc(N(C)Cc2ccoc2)c1. The van der Waals surface area contributed by atoms with E-state index in [0.29, 0.717) is 5.69 Å². The Balaban J connectivity index is 2.16. The summed E-state index contributed by atoms with van der Waals surface area (Å²) in [5, 5.41) is 0. The fourth-order valence-electron chi connectivity index (χ4n) is 1.91. The lowest BCUT2D eigenvalue weighted by Crippen LogP contribution is -2.16. The Morgan fingerprint density at radius 1 is 1.32 bits per heavy atom. The van der Waals surface area contributed by atoms with E-state index < -0.39 is 0 Å². The average Bonchev–Trinajstić information content (AvgIpc) is 2.80. The molecule has 4 heteroatoms. The summed E-state index contributed by atoms with van der Waals surface area (Å²) in [5.74, 6) is 0.795. The van der Waals surface area contributed by atoms with Crippen LogP contribution in [-0.2, 0) is 6.54 Å². The van der Waals surface area contributed by atoms with Crippen molar-refractivity contribution in [3.05, 3.63) is 42.4 Å². The van der Waals surface area contributed by atoms with Crippen molar-refractivity contribution in [3.63, 3.8) is 0 Å². The number of nitrogens with zero attached hydrogens (tertiary/aromatic N) is 1. The molecule has 0 bridgehead atoms. The molecule has 0 atom stereocenters. The second-order valence-electron chi connectivity index (χ2n) is 4.91. The summed E-state index contributed by atoms with van der Waals surface area (Å²) >= 11 is 0. The highest BCUT2D eigenvalue weighted by molar-refractivity contribution is 5.60. The summed E-state index contributed by atoms with van der Waals surface area (Å²) in [7, 11) is 2.01. The number of hydrogen-bond donors (Lipinski definition) is 1. The fraction of sp³-hybridized carbons (Fsp3) is 0.333. The molecule has 102 valence electrons. The van der Waals surface area contributed by atoms with Crippen molar-refractivity contribution in [2.75, 3.05) is 17.7 Å². The van der Waals surface area contributed by atoms with Crippen molar-refractivity contribution in [1.29, 1.82) is 0 Å². The van der Waals surface area contributed by atoms with Crippen LogP contribution in [0.25, 0.3) is 0 Å². The van der Waals surface area contributed by atoms with E-state index in [4.69, 9.17) is 14.9 Å². The summed E-state index contributed by atoms with van der Waals surface area (Å²) in [6.45, 7) is 4.76. The maximum absolute atomic E-state index is 5.92. The second-order valence-corrected chi connectivity index (χ2v) is 4.91. The van der Waals surface area contributed by atoms with Crippen molar-refractivity contribution >= 4 is 11.4 Å². The first-order chi connectivity index (χ1) is 9.04. The molecule has 0 spiro atoms. The molecule has 1 aromatic carbocycles. The highest BCUT2D eigenvalue weighted by Crippen LogP contribution is 2.26. The Morgan fingerprint density at radius 3 is 2.74 bits per heavy atom. The van der Waals surface area contributed by atoms with Crippen molar-refractivity contribution < 1.29 is 9.15 Å². The van der Waals surface area contributed by atoms with Gasteiger partial charge in [-0.25, -0.2) is 0 Å². The molecule has 0 unspecified atom stereocenters. The molecule has 1 aromatic heterocycles. The third kappa shape index (κ3) is 3.68. The smallest absolute Gasteiger partial charge is 0.123 e. The molecule has 4 nitrogen and oxygen atoms in total. The van der Waals surface area contributed by atoms with Crippen LogP contribution in [0.2, 0.25) is 0 Å². The molecule has 2 rings (SSSR count). The van der Waals surface area contributed by atoms with Gasteiger partial charge in [0.2, 0.25) is 0 Å². The molecular weight excluding hydrogens is 240 g/mol. The molecule has 0 aliphatic carbocycles. The quantitative estimate of drug-likeness (QED) is 0.838. The van der Waals surface area contributed by atoms with Crippen LogP contribution in [-0.4, -0.2) is 13.2 Å². The van der Waals surface area contributed by atoms with Crippen LogP contribution >= 0.6 is 0 Å². The lowest BCUT2D eigenvalue weighted by atomic mass is 10.2. The number of benzene rings is 1. The van der Waals surface area contributed by atoms with Crippen LogP contribution in [0.3, 0.4) is 0 Å². The van der Waals surface area contributed by atoms with E-state index in [1.807, 2.05) is 45.2 Å². The average molecular weight is 260 g/mol. The molecule has 0 fully saturated rings. The predicted octanol–water partition coefficient (Wildman–Crippen LogP) is 3.29. The summed E-state index contributed by atoms with van der Waals surface area (Å²) in [6, 6.07) is 7.73. The zero-order chi connectivity index (χ0) is 13.8. The highest BCUT2D eigenvalue weighted by atomic mass is 16.5. The molecule has 2 N–H and O–H groups in total. The molecule has 0 saturated carbocycles. The molecule has 0 radical (unpaired) electrons. The summed E-state index contributed by atoms with van der Waals surface area (Å²) in [4.78, 5) is 2.11. The van der Waals surface area contributed by atoms with E-state index in [9.17, 15) is 0 Å². The number of nitrogen functional groups attached to an aromatic ring is 1. The topological polar surface area (TPSA) is 51.6 Å². The molecule has 0 aliphatic heterocycles. The largest absolute Gasteiger partial charge is 0.491 e. The van der Waals surface area contributed by atoms with Gasteiger partial charge in [-0.3, -0.25) is 0 Å². The number of anilines is 2. The molecule has 19 heavy (non-hydrogen) atoms. The Kier molecular flexibility index (Phi) is 4.00. The molecule has 0 aliphatic rings. The number of rotatable bonds is 5. The van der Waals surface area contributed by atoms with E-state index >= 15 is 0 Å². The first-order valence-electron chi connectivity index (χ1n) is 6.34. The van der Waals surface area contributed by atoms with Gasteiger partial charge in [0.1, 0.15) is 5.75 Å². The van der Waals surface area contributed by atoms with Crippen LogP contribution in [0, 0.1) is 0 Å². The molecule has 2 aromatic rings. The number of furan rings is 1. The van der Waals surface area contributed by atoms with Gasteiger partial charge < -0.3 is 19.8 Å². The van der Waals surface area contributed by atoms with Gasteiger partial charge in [-0.05, 0) is 26.0 Å². The number of ether oxygens (including phenoxy) is 1. The Morgan fingerprint density at radius 2 is 2.11 bits per heavy atom. The normalized spacial score (nSPS) is 10.7. The van der Waals surface area contributed by atoms with Gasteiger partial charge in [-0.2, -0.15) is 0 Å².